The lowest BCUT2D eigenvalue weighted by Crippen LogP contribution is -2.18. The number of hydrogen-bond acceptors (Lipinski definition) is 2. The fourth-order valence-electron chi connectivity index (χ4n) is 1.23. The highest BCUT2D eigenvalue weighted by Gasteiger charge is 2.15. The van der Waals surface area contributed by atoms with Crippen LogP contribution in [0.1, 0.15) is 25.5 Å². The van der Waals surface area contributed by atoms with E-state index in [-0.39, 0.29) is 6.04 Å². The third kappa shape index (κ3) is 2.41. The van der Waals surface area contributed by atoms with Crippen LogP contribution < -0.4 is 11.5 Å². The van der Waals surface area contributed by atoms with Gasteiger partial charge >= 0.3 is 0 Å². The molecule has 0 radical (unpaired) electrons. The van der Waals surface area contributed by atoms with E-state index < -0.39 is 0 Å². The van der Waals surface area contributed by atoms with Crippen LogP contribution in [0.15, 0.2) is 16.6 Å². The van der Waals surface area contributed by atoms with Gasteiger partial charge in [-0.05, 0) is 39.5 Å². The Labute approximate surface area is 97.7 Å². The van der Waals surface area contributed by atoms with Crippen LogP contribution in [0, 0.1) is 5.92 Å². The highest BCUT2D eigenvalue weighted by Crippen LogP contribution is 2.32. The predicted octanol–water partition coefficient (Wildman–Crippen LogP) is 3.34. The molecule has 1 aromatic rings. The minimum atomic E-state index is -0.0523. The van der Waals surface area contributed by atoms with Crippen LogP contribution in [0.25, 0.3) is 0 Å². The second kappa shape index (κ2) is 4.51. The SMILES string of the molecule is CC(C)[C@H](N)c1cc(Br)c(Cl)cc1N. The van der Waals surface area contributed by atoms with Crippen molar-refractivity contribution in [3.63, 3.8) is 0 Å². The molecule has 78 valence electrons. The summed E-state index contributed by atoms with van der Waals surface area (Å²) in [6.45, 7) is 4.12. The molecule has 0 amide bonds. The summed E-state index contributed by atoms with van der Waals surface area (Å²) in [5, 5.41) is 0.613. The molecule has 0 saturated carbocycles. The summed E-state index contributed by atoms with van der Waals surface area (Å²) in [5.41, 5.74) is 13.5. The predicted molar refractivity (Wildman–Crippen MR) is 65.3 cm³/mol. The number of anilines is 1. The summed E-state index contributed by atoms with van der Waals surface area (Å²) in [6.07, 6.45) is 0. The summed E-state index contributed by atoms with van der Waals surface area (Å²) in [6, 6.07) is 3.56. The maximum Gasteiger partial charge on any atom is 0.0568 e. The van der Waals surface area contributed by atoms with E-state index in [0.717, 1.165) is 10.0 Å². The number of halogens is 2. The van der Waals surface area contributed by atoms with Crippen LogP contribution in [0.2, 0.25) is 5.02 Å². The number of benzene rings is 1. The molecule has 1 aromatic carbocycles. The van der Waals surface area contributed by atoms with Gasteiger partial charge in [0, 0.05) is 16.2 Å². The highest BCUT2D eigenvalue weighted by atomic mass is 79.9. The van der Waals surface area contributed by atoms with Crippen LogP contribution in [0.3, 0.4) is 0 Å². The van der Waals surface area contributed by atoms with Crippen LogP contribution in [-0.4, -0.2) is 0 Å². The summed E-state index contributed by atoms with van der Waals surface area (Å²) >= 11 is 9.26. The normalized spacial score (nSPS) is 13.3. The molecule has 0 aliphatic rings. The standard InChI is InChI=1S/C10H14BrClN2/c1-5(2)10(14)6-3-7(11)8(12)4-9(6)13/h3-5,10H,13-14H2,1-2H3/t10-/m0/s1. The van der Waals surface area contributed by atoms with Crippen LogP contribution in [-0.2, 0) is 0 Å². The third-order valence-corrected chi connectivity index (χ3v) is 3.40. The van der Waals surface area contributed by atoms with E-state index in [9.17, 15) is 0 Å². The lowest BCUT2D eigenvalue weighted by molar-refractivity contribution is 0.515. The first-order valence-corrected chi connectivity index (χ1v) is 5.60. The largest absolute Gasteiger partial charge is 0.398 e. The van der Waals surface area contributed by atoms with Gasteiger partial charge in [0.25, 0.3) is 0 Å². The Morgan fingerprint density at radius 3 is 2.43 bits per heavy atom. The maximum absolute atomic E-state index is 6.01. The zero-order valence-electron chi connectivity index (χ0n) is 8.22. The molecule has 0 saturated heterocycles. The van der Waals surface area contributed by atoms with Crippen molar-refractivity contribution in [3.8, 4) is 0 Å². The summed E-state index contributed by atoms with van der Waals surface area (Å²) in [4.78, 5) is 0. The van der Waals surface area contributed by atoms with Crippen LogP contribution >= 0.6 is 27.5 Å². The Kier molecular flexibility index (Phi) is 3.81. The van der Waals surface area contributed by atoms with E-state index in [0.29, 0.717) is 16.6 Å². The van der Waals surface area contributed by atoms with Gasteiger partial charge in [-0.15, -0.1) is 0 Å². The molecule has 0 heterocycles. The van der Waals surface area contributed by atoms with Crippen molar-refractivity contribution >= 4 is 33.2 Å². The highest BCUT2D eigenvalue weighted by molar-refractivity contribution is 9.10. The lowest BCUT2D eigenvalue weighted by Gasteiger charge is -2.18. The molecule has 4 N–H and O–H groups in total. The van der Waals surface area contributed by atoms with E-state index in [4.69, 9.17) is 23.1 Å². The number of rotatable bonds is 2. The van der Waals surface area contributed by atoms with E-state index in [1.54, 1.807) is 6.07 Å². The van der Waals surface area contributed by atoms with Gasteiger partial charge < -0.3 is 11.5 Å². The number of nitrogen functional groups attached to an aromatic ring is 1. The van der Waals surface area contributed by atoms with E-state index in [1.807, 2.05) is 6.07 Å². The molecular weight excluding hydrogens is 263 g/mol. The molecule has 0 spiro atoms. The van der Waals surface area contributed by atoms with Crippen molar-refractivity contribution in [1.82, 2.24) is 0 Å². The van der Waals surface area contributed by atoms with Crippen LogP contribution in [0.4, 0.5) is 5.69 Å². The zero-order chi connectivity index (χ0) is 10.9. The monoisotopic (exact) mass is 276 g/mol. The van der Waals surface area contributed by atoms with Gasteiger partial charge in [-0.25, -0.2) is 0 Å². The quantitative estimate of drug-likeness (QED) is 0.815. The fraction of sp³-hybridized carbons (Fsp3) is 0.400. The molecule has 0 aromatic heterocycles. The second-order valence-corrected chi connectivity index (χ2v) is 4.93. The van der Waals surface area contributed by atoms with Crippen molar-refractivity contribution in [2.24, 2.45) is 11.7 Å². The van der Waals surface area contributed by atoms with Crippen molar-refractivity contribution in [2.75, 3.05) is 5.73 Å². The lowest BCUT2D eigenvalue weighted by atomic mass is 9.96. The van der Waals surface area contributed by atoms with Gasteiger partial charge in [-0.1, -0.05) is 25.4 Å². The first-order chi connectivity index (χ1) is 6.43. The van der Waals surface area contributed by atoms with E-state index in [2.05, 4.69) is 29.8 Å². The molecule has 14 heavy (non-hydrogen) atoms. The average molecular weight is 278 g/mol. The first kappa shape index (κ1) is 11.8. The Bertz CT molecular complexity index is 339. The van der Waals surface area contributed by atoms with E-state index >= 15 is 0 Å². The molecule has 0 aliphatic heterocycles. The number of nitrogens with two attached hydrogens (primary N) is 2. The molecule has 1 atom stereocenters. The van der Waals surface area contributed by atoms with Gasteiger partial charge in [-0.3, -0.25) is 0 Å². The second-order valence-electron chi connectivity index (χ2n) is 3.67. The molecule has 2 nitrogen and oxygen atoms in total. The molecule has 0 aliphatic carbocycles. The Morgan fingerprint density at radius 2 is 1.93 bits per heavy atom. The molecular formula is C10H14BrClN2. The van der Waals surface area contributed by atoms with Gasteiger partial charge in [0.15, 0.2) is 0 Å². The number of hydrogen-bond donors (Lipinski definition) is 2. The maximum atomic E-state index is 6.01. The molecule has 0 unspecified atom stereocenters. The molecule has 1 rings (SSSR count). The van der Waals surface area contributed by atoms with Crippen LogP contribution in [0.5, 0.6) is 0 Å². The minimum Gasteiger partial charge on any atom is -0.398 e. The first-order valence-electron chi connectivity index (χ1n) is 4.43. The third-order valence-electron chi connectivity index (χ3n) is 2.20. The zero-order valence-corrected chi connectivity index (χ0v) is 10.6. The Hall–Kier alpha value is -0.250. The van der Waals surface area contributed by atoms with Crippen molar-refractivity contribution < 1.29 is 0 Å². The topological polar surface area (TPSA) is 52.0 Å². The summed E-state index contributed by atoms with van der Waals surface area (Å²) < 4.78 is 0.833. The van der Waals surface area contributed by atoms with Gasteiger partial charge in [0.1, 0.15) is 0 Å². The minimum absolute atomic E-state index is 0.0523. The fourth-order valence-corrected chi connectivity index (χ4v) is 1.76. The Morgan fingerprint density at radius 1 is 1.36 bits per heavy atom. The van der Waals surface area contributed by atoms with Gasteiger partial charge in [0.05, 0.1) is 5.02 Å². The Balaban J connectivity index is 3.15. The molecule has 0 fully saturated rings. The van der Waals surface area contributed by atoms with Gasteiger partial charge in [-0.2, -0.15) is 0 Å². The smallest absolute Gasteiger partial charge is 0.0568 e. The average Bonchev–Trinajstić information content (AvgIpc) is 2.10. The van der Waals surface area contributed by atoms with Crippen molar-refractivity contribution in [1.29, 1.82) is 0 Å². The summed E-state index contributed by atoms with van der Waals surface area (Å²) in [7, 11) is 0. The van der Waals surface area contributed by atoms with Crippen molar-refractivity contribution in [3.05, 3.63) is 27.2 Å². The molecule has 0 bridgehead atoms. The summed E-state index contributed by atoms with van der Waals surface area (Å²) in [5.74, 6) is 0.352. The molecule has 4 heteroatoms. The van der Waals surface area contributed by atoms with E-state index in [1.165, 1.54) is 0 Å². The van der Waals surface area contributed by atoms with Gasteiger partial charge in [0.2, 0.25) is 0 Å². The van der Waals surface area contributed by atoms with Crippen molar-refractivity contribution in [2.45, 2.75) is 19.9 Å².